The van der Waals surface area contributed by atoms with E-state index in [1.54, 1.807) is 4.90 Å². The maximum Gasteiger partial charge on any atom is 0.409 e. The second kappa shape index (κ2) is 7.68. The number of anilines is 1. The number of para-hydroxylation sites is 1. The zero-order valence-corrected chi connectivity index (χ0v) is 13.1. The average Bonchev–Trinajstić information content (AvgIpc) is 2.55. The van der Waals surface area contributed by atoms with Gasteiger partial charge in [-0.25, -0.2) is 9.59 Å². The van der Waals surface area contributed by atoms with Gasteiger partial charge in [0.25, 0.3) is 0 Å². The topological polar surface area (TPSA) is 70.7 Å². The summed E-state index contributed by atoms with van der Waals surface area (Å²) in [6, 6.07) is 7.66. The fraction of sp³-hybridized carbons (Fsp3) is 0.500. The number of nitrogens with zero attached hydrogens (tertiary/aromatic N) is 1. The van der Waals surface area contributed by atoms with Gasteiger partial charge in [-0.15, -0.1) is 0 Å². The molecule has 0 saturated carbocycles. The van der Waals surface area contributed by atoms with Crippen LogP contribution in [0.15, 0.2) is 24.3 Å². The van der Waals surface area contributed by atoms with Crippen molar-refractivity contribution in [2.24, 2.45) is 0 Å². The number of hydrogen-bond donors (Lipinski definition) is 2. The lowest BCUT2D eigenvalue weighted by atomic mass is 10.1. The molecule has 1 aromatic carbocycles. The SMILES string of the molecule is CCc1ccccc1NC(=O)NC1CCN(C(=O)OC)CC1. The number of piperidine rings is 1. The molecule has 0 aliphatic carbocycles. The molecule has 2 rings (SSSR count). The Labute approximate surface area is 130 Å². The van der Waals surface area contributed by atoms with Crippen LogP contribution in [0.25, 0.3) is 0 Å². The Hall–Kier alpha value is -2.24. The summed E-state index contributed by atoms with van der Waals surface area (Å²) in [6.45, 7) is 3.26. The first-order chi connectivity index (χ1) is 10.6. The van der Waals surface area contributed by atoms with Crippen molar-refractivity contribution >= 4 is 17.8 Å². The molecule has 3 amide bonds. The number of benzene rings is 1. The van der Waals surface area contributed by atoms with Crippen molar-refractivity contribution in [1.82, 2.24) is 10.2 Å². The van der Waals surface area contributed by atoms with Crippen LogP contribution in [-0.4, -0.2) is 43.3 Å². The zero-order chi connectivity index (χ0) is 15.9. The van der Waals surface area contributed by atoms with Crippen LogP contribution in [0.4, 0.5) is 15.3 Å². The first kappa shape index (κ1) is 16.1. The number of methoxy groups -OCH3 is 1. The summed E-state index contributed by atoms with van der Waals surface area (Å²) in [5, 5.41) is 5.87. The quantitative estimate of drug-likeness (QED) is 0.901. The highest BCUT2D eigenvalue weighted by atomic mass is 16.5. The number of urea groups is 1. The molecule has 22 heavy (non-hydrogen) atoms. The third kappa shape index (κ3) is 4.13. The number of aryl methyl sites for hydroxylation is 1. The van der Waals surface area contributed by atoms with E-state index in [0.717, 1.165) is 30.5 Å². The molecule has 1 aromatic rings. The van der Waals surface area contributed by atoms with Crippen LogP contribution in [0.5, 0.6) is 0 Å². The lowest BCUT2D eigenvalue weighted by molar-refractivity contribution is 0.110. The molecule has 120 valence electrons. The lowest BCUT2D eigenvalue weighted by Gasteiger charge is -2.31. The minimum Gasteiger partial charge on any atom is -0.453 e. The van der Waals surface area contributed by atoms with Crippen molar-refractivity contribution in [3.8, 4) is 0 Å². The molecule has 2 N–H and O–H groups in total. The first-order valence-corrected chi connectivity index (χ1v) is 7.62. The van der Waals surface area contributed by atoms with E-state index < -0.39 is 0 Å². The highest BCUT2D eigenvalue weighted by molar-refractivity contribution is 5.90. The number of likely N-dealkylation sites (tertiary alicyclic amines) is 1. The van der Waals surface area contributed by atoms with Gasteiger partial charge in [0.15, 0.2) is 0 Å². The number of amides is 3. The number of ether oxygens (including phenoxy) is 1. The monoisotopic (exact) mass is 305 g/mol. The Bertz CT molecular complexity index is 525. The molecule has 0 atom stereocenters. The van der Waals surface area contributed by atoms with E-state index >= 15 is 0 Å². The highest BCUT2D eigenvalue weighted by Crippen LogP contribution is 2.16. The Morgan fingerprint density at radius 1 is 1.27 bits per heavy atom. The summed E-state index contributed by atoms with van der Waals surface area (Å²) < 4.78 is 4.70. The first-order valence-electron chi connectivity index (χ1n) is 7.62. The van der Waals surface area contributed by atoms with E-state index in [1.165, 1.54) is 7.11 Å². The van der Waals surface area contributed by atoms with Crippen molar-refractivity contribution in [3.63, 3.8) is 0 Å². The molecule has 1 fully saturated rings. The van der Waals surface area contributed by atoms with E-state index in [1.807, 2.05) is 24.3 Å². The molecular weight excluding hydrogens is 282 g/mol. The predicted octanol–water partition coefficient (Wildman–Crippen LogP) is 2.60. The van der Waals surface area contributed by atoms with Crippen LogP contribution in [0.1, 0.15) is 25.3 Å². The van der Waals surface area contributed by atoms with Crippen LogP contribution < -0.4 is 10.6 Å². The van der Waals surface area contributed by atoms with Crippen molar-refractivity contribution in [2.45, 2.75) is 32.2 Å². The predicted molar refractivity (Wildman–Crippen MR) is 85.0 cm³/mol. The van der Waals surface area contributed by atoms with Gasteiger partial charge in [0, 0.05) is 24.8 Å². The number of carbonyl (C=O) groups excluding carboxylic acids is 2. The molecule has 0 unspecified atom stereocenters. The number of nitrogens with one attached hydrogen (secondary N) is 2. The third-order valence-electron chi connectivity index (χ3n) is 3.91. The Balaban J connectivity index is 1.82. The van der Waals surface area contributed by atoms with E-state index in [-0.39, 0.29) is 18.2 Å². The van der Waals surface area contributed by atoms with Crippen molar-refractivity contribution in [2.75, 3.05) is 25.5 Å². The molecule has 1 heterocycles. The van der Waals surface area contributed by atoms with Crippen LogP contribution in [0.2, 0.25) is 0 Å². The number of rotatable bonds is 3. The van der Waals surface area contributed by atoms with Crippen molar-refractivity contribution in [3.05, 3.63) is 29.8 Å². The summed E-state index contributed by atoms with van der Waals surface area (Å²) in [4.78, 5) is 25.2. The maximum atomic E-state index is 12.1. The largest absolute Gasteiger partial charge is 0.453 e. The van der Waals surface area contributed by atoms with Crippen LogP contribution >= 0.6 is 0 Å². The summed E-state index contributed by atoms with van der Waals surface area (Å²) in [7, 11) is 1.38. The molecule has 6 heteroatoms. The molecule has 1 saturated heterocycles. The minimum atomic E-state index is -0.306. The second-order valence-electron chi connectivity index (χ2n) is 5.34. The number of hydrogen-bond acceptors (Lipinski definition) is 3. The lowest BCUT2D eigenvalue weighted by Crippen LogP contribution is -2.47. The van der Waals surface area contributed by atoms with E-state index in [0.29, 0.717) is 13.1 Å². The maximum absolute atomic E-state index is 12.1. The van der Waals surface area contributed by atoms with Crippen LogP contribution in [0, 0.1) is 0 Å². The highest BCUT2D eigenvalue weighted by Gasteiger charge is 2.24. The number of carbonyl (C=O) groups is 2. The average molecular weight is 305 g/mol. The molecule has 0 bridgehead atoms. The van der Waals surface area contributed by atoms with Gasteiger partial charge >= 0.3 is 12.1 Å². The smallest absolute Gasteiger partial charge is 0.409 e. The zero-order valence-electron chi connectivity index (χ0n) is 13.1. The summed E-state index contributed by atoms with van der Waals surface area (Å²) in [6.07, 6.45) is 2.03. The molecule has 6 nitrogen and oxygen atoms in total. The molecule has 1 aliphatic rings. The second-order valence-corrected chi connectivity index (χ2v) is 5.34. The molecular formula is C16H23N3O3. The van der Waals surface area contributed by atoms with E-state index in [9.17, 15) is 9.59 Å². The molecule has 1 aliphatic heterocycles. The molecule has 0 radical (unpaired) electrons. The third-order valence-corrected chi connectivity index (χ3v) is 3.91. The Morgan fingerprint density at radius 3 is 2.59 bits per heavy atom. The van der Waals surface area contributed by atoms with Gasteiger partial charge in [0.2, 0.25) is 0 Å². The Kier molecular flexibility index (Phi) is 5.63. The fourth-order valence-electron chi connectivity index (χ4n) is 2.63. The summed E-state index contributed by atoms with van der Waals surface area (Å²) >= 11 is 0. The van der Waals surface area contributed by atoms with E-state index in [4.69, 9.17) is 4.74 Å². The van der Waals surface area contributed by atoms with Gasteiger partial charge < -0.3 is 20.3 Å². The van der Waals surface area contributed by atoms with Gasteiger partial charge in [-0.3, -0.25) is 0 Å². The van der Waals surface area contributed by atoms with Gasteiger partial charge in [0.1, 0.15) is 0 Å². The summed E-state index contributed by atoms with van der Waals surface area (Å²) in [5.41, 5.74) is 1.95. The minimum absolute atomic E-state index is 0.0784. The normalized spacial score (nSPS) is 15.3. The van der Waals surface area contributed by atoms with Crippen molar-refractivity contribution < 1.29 is 14.3 Å². The van der Waals surface area contributed by atoms with Crippen LogP contribution in [0.3, 0.4) is 0 Å². The van der Waals surface area contributed by atoms with Gasteiger partial charge in [-0.1, -0.05) is 25.1 Å². The van der Waals surface area contributed by atoms with Crippen LogP contribution in [-0.2, 0) is 11.2 Å². The fourth-order valence-corrected chi connectivity index (χ4v) is 2.63. The van der Waals surface area contributed by atoms with Crippen molar-refractivity contribution in [1.29, 1.82) is 0 Å². The standard InChI is InChI=1S/C16H23N3O3/c1-3-12-6-4-5-7-14(12)18-15(20)17-13-8-10-19(11-9-13)16(21)22-2/h4-7,13H,3,8-11H2,1-2H3,(H2,17,18,20). The van der Waals surface area contributed by atoms with Gasteiger partial charge in [-0.2, -0.15) is 0 Å². The molecule has 0 aromatic heterocycles. The molecule has 0 spiro atoms. The van der Waals surface area contributed by atoms with Gasteiger partial charge in [0.05, 0.1) is 7.11 Å². The Morgan fingerprint density at radius 2 is 1.95 bits per heavy atom. The van der Waals surface area contributed by atoms with E-state index in [2.05, 4.69) is 17.6 Å². The van der Waals surface area contributed by atoms with Gasteiger partial charge in [-0.05, 0) is 30.9 Å². The summed E-state index contributed by atoms with van der Waals surface area (Å²) in [5.74, 6) is 0.